The minimum absolute atomic E-state index is 0.0839. The predicted molar refractivity (Wildman–Crippen MR) is 77.0 cm³/mol. The van der Waals surface area contributed by atoms with Gasteiger partial charge >= 0.3 is 18.0 Å². The van der Waals surface area contributed by atoms with Gasteiger partial charge in [0.05, 0.1) is 0 Å². The second kappa shape index (κ2) is 7.44. The van der Waals surface area contributed by atoms with Crippen molar-refractivity contribution < 1.29 is 29.0 Å². The summed E-state index contributed by atoms with van der Waals surface area (Å²) in [5.74, 6) is -2.59. The molecule has 0 aromatic heterocycles. The first-order valence-electron chi connectivity index (χ1n) is 6.62. The standard InChI is InChI=1S/C15H19NO6/c1-15(2,3)22-14(20)16-11(12(17)18)13(19)21-9-10-7-5-4-6-8-10/h4-8,11H,9H2,1-3H3,(H,16,20)(H,17,18)/t11-/m1/s1. The molecular formula is C15H19NO6. The molecule has 0 aliphatic rings. The number of hydrogen-bond donors (Lipinski definition) is 2. The summed E-state index contributed by atoms with van der Waals surface area (Å²) in [5, 5.41) is 11.0. The van der Waals surface area contributed by atoms with Gasteiger partial charge in [0.15, 0.2) is 0 Å². The van der Waals surface area contributed by atoms with Crippen molar-refractivity contribution in [3.63, 3.8) is 0 Å². The molecule has 7 heteroatoms. The number of amides is 1. The van der Waals surface area contributed by atoms with Crippen LogP contribution in [0, 0.1) is 0 Å². The summed E-state index contributed by atoms with van der Waals surface area (Å²) in [6, 6.07) is 6.95. The van der Waals surface area contributed by atoms with Crippen molar-refractivity contribution in [2.24, 2.45) is 0 Å². The summed E-state index contributed by atoms with van der Waals surface area (Å²) < 4.78 is 9.80. The van der Waals surface area contributed by atoms with Crippen LogP contribution in [0.1, 0.15) is 26.3 Å². The maximum atomic E-state index is 11.8. The van der Waals surface area contributed by atoms with E-state index in [2.05, 4.69) is 0 Å². The van der Waals surface area contributed by atoms with Crippen LogP contribution in [0.2, 0.25) is 0 Å². The van der Waals surface area contributed by atoms with Crippen LogP contribution in [0.25, 0.3) is 0 Å². The molecule has 1 rings (SSSR count). The Bertz CT molecular complexity index is 535. The SMILES string of the molecule is CC(C)(C)OC(=O)N[C@H](C(=O)O)C(=O)OCc1ccccc1. The van der Waals surface area contributed by atoms with Crippen LogP contribution in [0.4, 0.5) is 4.79 Å². The largest absolute Gasteiger partial charge is 0.479 e. The van der Waals surface area contributed by atoms with Crippen molar-refractivity contribution in [2.45, 2.75) is 39.0 Å². The van der Waals surface area contributed by atoms with Crippen LogP contribution in [0.5, 0.6) is 0 Å². The van der Waals surface area contributed by atoms with Crippen LogP contribution in [0.15, 0.2) is 30.3 Å². The van der Waals surface area contributed by atoms with Crippen molar-refractivity contribution in [3.8, 4) is 0 Å². The van der Waals surface area contributed by atoms with E-state index in [4.69, 9.17) is 14.6 Å². The van der Waals surface area contributed by atoms with E-state index in [1.54, 1.807) is 51.1 Å². The van der Waals surface area contributed by atoms with Crippen molar-refractivity contribution in [1.29, 1.82) is 0 Å². The number of carbonyl (C=O) groups is 3. The number of alkyl carbamates (subject to hydrolysis) is 1. The lowest BCUT2D eigenvalue weighted by molar-refractivity contribution is -0.156. The van der Waals surface area contributed by atoms with Crippen molar-refractivity contribution >= 4 is 18.0 Å². The predicted octanol–water partition coefficient (Wildman–Crippen LogP) is 1.71. The Labute approximate surface area is 128 Å². The quantitative estimate of drug-likeness (QED) is 0.634. The lowest BCUT2D eigenvalue weighted by atomic mass is 10.2. The first-order chi connectivity index (χ1) is 10.2. The van der Waals surface area contributed by atoms with Crippen LogP contribution in [-0.2, 0) is 25.7 Å². The lowest BCUT2D eigenvalue weighted by Gasteiger charge is -2.21. The minimum Gasteiger partial charge on any atom is -0.479 e. The van der Waals surface area contributed by atoms with E-state index in [0.29, 0.717) is 5.56 Å². The van der Waals surface area contributed by atoms with Crippen LogP contribution >= 0.6 is 0 Å². The van der Waals surface area contributed by atoms with Crippen LogP contribution in [0.3, 0.4) is 0 Å². The number of benzene rings is 1. The maximum Gasteiger partial charge on any atom is 0.408 e. The van der Waals surface area contributed by atoms with E-state index in [-0.39, 0.29) is 6.61 Å². The van der Waals surface area contributed by atoms with Gasteiger partial charge < -0.3 is 14.6 Å². The fourth-order valence-corrected chi connectivity index (χ4v) is 1.46. The molecule has 0 saturated carbocycles. The number of hydrogen-bond acceptors (Lipinski definition) is 5. The van der Waals surface area contributed by atoms with E-state index in [1.807, 2.05) is 5.32 Å². The molecule has 0 saturated heterocycles. The molecule has 0 aliphatic carbocycles. The summed E-state index contributed by atoms with van der Waals surface area (Å²) in [6.07, 6.45) is -1.00. The maximum absolute atomic E-state index is 11.8. The molecule has 0 radical (unpaired) electrons. The molecule has 22 heavy (non-hydrogen) atoms. The molecule has 1 aromatic carbocycles. The number of esters is 1. The third-order valence-corrected chi connectivity index (χ3v) is 2.37. The zero-order chi connectivity index (χ0) is 16.8. The van der Waals surface area contributed by atoms with Gasteiger partial charge in [0.2, 0.25) is 6.04 Å². The molecule has 1 amide bonds. The molecule has 1 aromatic rings. The highest BCUT2D eigenvalue weighted by atomic mass is 16.6. The summed E-state index contributed by atoms with van der Waals surface area (Å²) in [6.45, 7) is 4.78. The summed E-state index contributed by atoms with van der Waals surface area (Å²) in [7, 11) is 0. The van der Waals surface area contributed by atoms with Crippen molar-refractivity contribution in [2.75, 3.05) is 0 Å². The van der Waals surface area contributed by atoms with E-state index in [9.17, 15) is 14.4 Å². The van der Waals surface area contributed by atoms with E-state index in [1.165, 1.54) is 0 Å². The highest BCUT2D eigenvalue weighted by molar-refractivity contribution is 6.00. The fraction of sp³-hybridized carbons (Fsp3) is 0.400. The number of carboxylic acids is 1. The molecule has 0 aliphatic heterocycles. The molecular weight excluding hydrogens is 290 g/mol. The van der Waals surface area contributed by atoms with Gasteiger partial charge in [-0.15, -0.1) is 0 Å². The zero-order valence-corrected chi connectivity index (χ0v) is 12.7. The van der Waals surface area contributed by atoms with Gasteiger partial charge in [-0.3, -0.25) is 5.32 Å². The van der Waals surface area contributed by atoms with Gasteiger partial charge in [0.25, 0.3) is 0 Å². The molecule has 2 N–H and O–H groups in total. The Balaban J connectivity index is 2.60. The van der Waals surface area contributed by atoms with Gasteiger partial charge in [-0.2, -0.15) is 0 Å². The monoisotopic (exact) mass is 309 g/mol. The van der Waals surface area contributed by atoms with Crippen molar-refractivity contribution in [3.05, 3.63) is 35.9 Å². The van der Waals surface area contributed by atoms with Gasteiger partial charge in [0.1, 0.15) is 12.2 Å². The number of aliphatic carboxylic acids is 1. The molecule has 1 atom stereocenters. The molecule has 0 unspecified atom stereocenters. The molecule has 7 nitrogen and oxygen atoms in total. The Morgan fingerprint density at radius 2 is 1.77 bits per heavy atom. The lowest BCUT2D eigenvalue weighted by Crippen LogP contribution is -2.48. The van der Waals surface area contributed by atoms with Crippen molar-refractivity contribution in [1.82, 2.24) is 5.32 Å². The van der Waals surface area contributed by atoms with Gasteiger partial charge in [0, 0.05) is 0 Å². The number of carboxylic acid groups (broad SMARTS) is 1. The van der Waals surface area contributed by atoms with Crippen LogP contribution in [-0.4, -0.2) is 34.8 Å². The van der Waals surface area contributed by atoms with Gasteiger partial charge in [-0.25, -0.2) is 14.4 Å². The second-order valence-corrected chi connectivity index (χ2v) is 5.51. The average Bonchev–Trinajstić information content (AvgIpc) is 2.41. The third kappa shape index (κ3) is 6.25. The number of nitrogens with one attached hydrogen (secondary N) is 1. The highest BCUT2D eigenvalue weighted by Crippen LogP contribution is 2.07. The first kappa shape index (κ1) is 17.5. The third-order valence-electron chi connectivity index (χ3n) is 2.37. The molecule has 0 fully saturated rings. The number of ether oxygens (including phenoxy) is 2. The Hall–Kier alpha value is -2.57. The summed E-state index contributed by atoms with van der Waals surface area (Å²) in [4.78, 5) is 34.4. The van der Waals surface area contributed by atoms with E-state index >= 15 is 0 Å². The highest BCUT2D eigenvalue weighted by Gasteiger charge is 2.31. The smallest absolute Gasteiger partial charge is 0.408 e. The Morgan fingerprint density at radius 3 is 2.27 bits per heavy atom. The zero-order valence-electron chi connectivity index (χ0n) is 12.7. The average molecular weight is 309 g/mol. The molecule has 0 spiro atoms. The van der Waals surface area contributed by atoms with E-state index < -0.39 is 29.7 Å². The second-order valence-electron chi connectivity index (χ2n) is 5.51. The number of carbonyl (C=O) groups excluding carboxylic acids is 2. The number of rotatable bonds is 5. The van der Waals surface area contributed by atoms with Gasteiger partial charge in [-0.1, -0.05) is 30.3 Å². The minimum atomic E-state index is -1.82. The van der Waals surface area contributed by atoms with E-state index in [0.717, 1.165) is 0 Å². The topological polar surface area (TPSA) is 102 Å². The van der Waals surface area contributed by atoms with Crippen LogP contribution < -0.4 is 5.32 Å². The fourth-order valence-electron chi connectivity index (χ4n) is 1.46. The first-order valence-corrected chi connectivity index (χ1v) is 6.62. The van der Waals surface area contributed by atoms with Gasteiger partial charge in [-0.05, 0) is 26.3 Å². The molecule has 0 heterocycles. The Kier molecular flexibility index (Phi) is 5.91. The summed E-state index contributed by atoms with van der Waals surface area (Å²) >= 11 is 0. The molecule has 120 valence electrons. The normalized spacial score (nSPS) is 12.1. The summed E-state index contributed by atoms with van der Waals surface area (Å²) in [5.41, 5.74) is -0.0987. The molecule has 0 bridgehead atoms. The Morgan fingerprint density at radius 1 is 1.18 bits per heavy atom.